The van der Waals surface area contributed by atoms with Crippen LogP contribution in [0.1, 0.15) is 26.7 Å². The lowest BCUT2D eigenvalue weighted by molar-refractivity contribution is 0.0150. The molecule has 1 spiro atoms. The number of nitrogens with zero attached hydrogens (tertiary/aromatic N) is 3. The number of anilines is 1. The van der Waals surface area contributed by atoms with Gasteiger partial charge in [-0.1, -0.05) is 0 Å². The minimum absolute atomic E-state index is 0.000750. The first kappa shape index (κ1) is 15.0. The molecule has 2 aliphatic rings. The van der Waals surface area contributed by atoms with E-state index in [1.165, 1.54) is 0 Å². The molecule has 2 fully saturated rings. The molecular weight excluding hydrogens is 282 g/mol. The van der Waals surface area contributed by atoms with Crippen LogP contribution in [-0.4, -0.2) is 58.3 Å². The zero-order valence-electron chi connectivity index (χ0n) is 13.1. The molecule has 7 nitrogen and oxygen atoms in total. The van der Waals surface area contributed by atoms with Crippen molar-refractivity contribution in [3.8, 4) is 0 Å². The minimum Gasteiger partial charge on any atom is -0.371 e. The lowest BCUT2D eigenvalue weighted by atomic mass is 9.97. The summed E-state index contributed by atoms with van der Waals surface area (Å²) in [4.78, 5) is 22.2. The zero-order chi connectivity index (χ0) is 15.6. The third-order valence-corrected chi connectivity index (χ3v) is 4.14. The quantitative estimate of drug-likeness (QED) is 0.878. The second-order valence-corrected chi connectivity index (χ2v) is 6.41. The number of rotatable bonds is 3. The molecule has 0 saturated carbocycles. The molecule has 2 aliphatic heterocycles. The Hall–Kier alpha value is -1.89. The van der Waals surface area contributed by atoms with Crippen molar-refractivity contribution in [2.45, 2.75) is 44.4 Å². The molecule has 0 radical (unpaired) electrons. The Labute approximate surface area is 130 Å². The monoisotopic (exact) mass is 305 g/mol. The molecule has 0 aliphatic carbocycles. The summed E-state index contributed by atoms with van der Waals surface area (Å²) >= 11 is 0. The van der Waals surface area contributed by atoms with E-state index in [2.05, 4.69) is 20.6 Å². The number of amides is 2. The van der Waals surface area contributed by atoms with Gasteiger partial charge in [0.05, 0.1) is 31.0 Å². The summed E-state index contributed by atoms with van der Waals surface area (Å²) in [6.07, 6.45) is 6.80. The van der Waals surface area contributed by atoms with Crippen LogP contribution in [0, 0.1) is 0 Å². The number of hydrogen-bond donors (Lipinski definition) is 2. The third kappa shape index (κ3) is 3.30. The summed E-state index contributed by atoms with van der Waals surface area (Å²) < 4.78 is 6.04. The van der Waals surface area contributed by atoms with Gasteiger partial charge < -0.3 is 20.3 Å². The number of carbonyl (C=O) groups is 1. The first-order valence-electron chi connectivity index (χ1n) is 7.78. The molecule has 1 aromatic heterocycles. The molecule has 0 aromatic carbocycles. The van der Waals surface area contributed by atoms with E-state index in [1.807, 2.05) is 18.7 Å². The van der Waals surface area contributed by atoms with Gasteiger partial charge in [0.25, 0.3) is 0 Å². The fourth-order valence-electron chi connectivity index (χ4n) is 3.16. The Kier molecular flexibility index (Phi) is 4.15. The molecule has 0 unspecified atom stereocenters. The Morgan fingerprint density at radius 1 is 1.50 bits per heavy atom. The van der Waals surface area contributed by atoms with Crippen molar-refractivity contribution in [3.63, 3.8) is 0 Å². The number of carbonyl (C=O) groups excluding carboxylic acids is 1. The van der Waals surface area contributed by atoms with E-state index >= 15 is 0 Å². The standard InChI is InChI=1S/C15H23N5O2/c1-11(2)18-14(21)20-6-3-15(10-20)7-12(9-22-15)19-13-8-16-4-5-17-13/h4-5,8,11-12H,3,6-7,9-10H2,1-2H3,(H,17,19)(H,18,21)/t12-,15-/m1/s1. The zero-order valence-corrected chi connectivity index (χ0v) is 13.1. The van der Waals surface area contributed by atoms with Gasteiger partial charge >= 0.3 is 6.03 Å². The second kappa shape index (κ2) is 6.08. The maximum absolute atomic E-state index is 12.1. The van der Waals surface area contributed by atoms with Crippen molar-refractivity contribution < 1.29 is 9.53 Å². The van der Waals surface area contributed by atoms with Crippen molar-refractivity contribution in [2.75, 3.05) is 25.0 Å². The Morgan fingerprint density at radius 2 is 2.36 bits per heavy atom. The highest BCUT2D eigenvalue weighted by Crippen LogP contribution is 2.35. The van der Waals surface area contributed by atoms with E-state index in [1.54, 1.807) is 18.6 Å². The van der Waals surface area contributed by atoms with Crippen LogP contribution in [0.4, 0.5) is 10.6 Å². The van der Waals surface area contributed by atoms with Crippen LogP contribution in [0.5, 0.6) is 0 Å². The SMILES string of the molecule is CC(C)NC(=O)N1CC[C@@]2(C[C@@H](Nc3cnccn3)CO2)C1. The number of aromatic nitrogens is 2. The van der Waals surface area contributed by atoms with Crippen LogP contribution in [0.15, 0.2) is 18.6 Å². The summed E-state index contributed by atoms with van der Waals surface area (Å²) in [5.74, 6) is 0.764. The molecule has 7 heteroatoms. The summed E-state index contributed by atoms with van der Waals surface area (Å²) in [7, 11) is 0. The lowest BCUT2D eigenvalue weighted by Gasteiger charge is -2.24. The van der Waals surface area contributed by atoms with Gasteiger partial charge in [0.15, 0.2) is 0 Å². The van der Waals surface area contributed by atoms with Gasteiger partial charge in [0, 0.05) is 31.4 Å². The van der Waals surface area contributed by atoms with E-state index < -0.39 is 0 Å². The third-order valence-electron chi connectivity index (χ3n) is 4.14. The van der Waals surface area contributed by atoms with Crippen LogP contribution in [-0.2, 0) is 4.74 Å². The van der Waals surface area contributed by atoms with Crippen LogP contribution in [0.3, 0.4) is 0 Å². The van der Waals surface area contributed by atoms with Crippen molar-refractivity contribution in [1.29, 1.82) is 0 Å². The van der Waals surface area contributed by atoms with Crippen LogP contribution < -0.4 is 10.6 Å². The highest BCUT2D eigenvalue weighted by molar-refractivity contribution is 5.75. The largest absolute Gasteiger partial charge is 0.371 e. The summed E-state index contributed by atoms with van der Waals surface area (Å²) in [5.41, 5.74) is -0.214. The average molecular weight is 305 g/mol. The Balaban J connectivity index is 1.55. The van der Waals surface area contributed by atoms with E-state index in [9.17, 15) is 4.79 Å². The molecule has 22 heavy (non-hydrogen) atoms. The summed E-state index contributed by atoms with van der Waals surface area (Å²) in [5, 5.41) is 6.29. The Bertz CT molecular complexity index is 524. The average Bonchev–Trinajstić information content (AvgIpc) is 3.07. The maximum atomic E-state index is 12.1. The van der Waals surface area contributed by atoms with Crippen LogP contribution >= 0.6 is 0 Å². The molecule has 3 heterocycles. The first-order valence-corrected chi connectivity index (χ1v) is 7.78. The second-order valence-electron chi connectivity index (χ2n) is 6.41. The van der Waals surface area contributed by atoms with Gasteiger partial charge in [-0.05, 0) is 20.3 Å². The number of hydrogen-bond acceptors (Lipinski definition) is 5. The fraction of sp³-hybridized carbons (Fsp3) is 0.667. The van der Waals surface area contributed by atoms with E-state index in [4.69, 9.17) is 4.74 Å². The van der Waals surface area contributed by atoms with Crippen molar-refractivity contribution >= 4 is 11.8 Å². The van der Waals surface area contributed by atoms with Gasteiger partial charge in [-0.2, -0.15) is 0 Å². The van der Waals surface area contributed by atoms with Crippen LogP contribution in [0.2, 0.25) is 0 Å². The van der Waals surface area contributed by atoms with Gasteiger partial charge in [0.1, 0.15) is 5.82 Å². The predicted molar refractivity (Wildman–Crippen MR) is 82.6 cm³/mol. The summed E-state index contributed by atoms with van der Waals surface area (Å²) in [6, 6.07) is 0.366. The van der Waals surface area contributed by atoms with E-state index in [0.717, 1.165) is 25.2 Å². The Morgan fingerprint density at radius 3 is 3.09 bits per heavy atom. The summed E-state index contributed by atoms with van der Waals surface area (Å²) in [6.45, 7) is 5.98. The maximum Gasteiger partial charge on any atom is 0.317 e. The molecule has 1 aromatic rings. The number of nitrogens with one attached hydrogen (secondary N) is 2. The number of urea groups is 1. The smallest absolute Gasteiger partial charge is 0.317 e. The highest BCUT2D eigenvalue weighted by atomic mass is 16.5. The van der Waals surface area contributed by atoms with Gasteiger partial charge in [-0.3, -0.25) is 4.98 Å². The molecule has 120 valence electrons. The topological polar surface area (TPSA) is 79.4 Å². The number of ether oxygens (including phenoxy) is 1. The molecule has 0 bridgehead atoms. The first-order chi connectivity index (χ1) is 10.6. The highest BCUT2D eigenvalue weighted by Gasteiger charge is 2.46. The predicted octanol–water partition coefficient (Wildman–Crippen LogP) is 1.24. The molecule has 2 N–H and O–H groups in total. The minimum atomic E-state index is -0.214. The fourth-order valence-corrected chi connectivity index (χ4v) is 3.16. The van der Waals surface area contributed by atoms with Crippen molar-refractivity contribution in [2.24, 2.45) is 0 Å². The molecule has 3 rings (SSSR count). The molecule has 2 amide bonds. The van der Waals surface area contributed by atoms with Gasteiger partial charge in [-0.15, -0.1) is 0 Å². The lowest BCUT2D eigenvalue weighted by Crippen LogP contribution is -2.44. The van der Waals surface area contributed by atoms with Gasteiger partial charge in [-0.25, -0.2) is 9.78 Å². The van der Waals surface area contributed by atoms with Crippen molar-refractivity contribution in [1.82, 2.24) is 20.2 Å². The van der Waals surface area contributed by atoms with Gasteiger partial charge in [0.2, 0.25) is 0 Å². The molecule has 2 atom stereocenters. The van der Waals surface area contributed by atoms with E-state index in [-0.39, 0.29) is 23.7 Å². The van der Waals surface area contributed by atoms with E-state index in [0.29, 0.717) is 13.2 Å². The van der Waals surface area contributed by atoms with Crippen LogP contribution in [0.25, 0.3) is 0 Å². The molecular formula is C15H23N5O2. The number of likely N-dealkylation sites (tertiary alicyclic amines) is 1. The van der Waals surface area contributed by atoms with Crippen molar-refractivity contribution in [3.05, 3.63) is 18.6 Å². The normalized spacial score (nSPS) is 27.6. The molecule has 2 saturated heterocycles.